The van der Waals surface area contributed by atoms with Crippen LogP contribution in [0.1, 0.15) is 58.8 Å². The molecule has 0 bridgehead atoms. The number of esters is 1. The zero-order valence-corrected chi connectivity index (χ0v) is 17.2. The lowest BCUT2D eigenvalue weighted by atomic mass is 9.92. The molecule has 1 saturated heterocycles. The molecule has 1 amide bonds. The van der Waals surface area contributed by atoms with Gasteiger partial charge in [-0.3, -0.25) is 9.69 Å². The van der Waals surface area contributed by atoms with Gasteiger partial charge in [-0.2, -0.15) is 0 Å². The Morgan fingerprint density at radius 3 is 2.41 bits per heavy atom. The van der Waals surface area contributed by atoms with Gasteiger partial charge in [0.25, 0.3) is 5.91 Å². The molecule has 0 aromatic carbocycles. The van der Waals surface area contributed by atoms with Gasteiger partial charge in [0.2, 0.25) is 0 Å². The van der Waals surface area contributed by atoms with Crippen LogP contribution < -0.4 is 5.32 Å². The fraction of sp³-hybridized carbons (Fsp3) is 0.700. The van der Waals surface area contributed by atoms with E-state index in [2.05, 4.69) is 29.0 Å². The van der Waals surface area contributed by atoms with Gasteiger partial charge in [-0.15, -0.1) is 0 Å². The molecule has 1 aliphatic rings. The summed E-state index contributed by atoms with van der Waals surface area (Å²) in [5, 5.41) is 3.08. The molecule has 1 unspecified atom stereocenters. The molecule has 27 heavy (non-hydrogen) atoms. The first-order chi connectivity index (χ1) is 12.9. The molecule has 0 radical (unpaired) electrons. The molecule has 7 nitrogen and oxygen atoms in total. The first-order valence-electron chi connectivity index (χ1n) is 9.81. The number of carbonyl (C=O) groups excluding carboxylic acids is 2. The smallest absolute Gasteiger partial charge is 0.339 e. The number of nitrogens with zero attached hydrogens (tertiary/aromatic N) is 1. The fourth-order valence-electron chi connectivity index (χ4n) is 4.01. The third-order valence-corrected chi connectivity index (χ3v) is 5.63. The molecule has 2 rings (SSSR count). The van der Waals surface area contributed by atoms with Crippen molar-refractivity contribution < 1.29 is 19.1 Å². The van der Waals surface area contributed by atoms with Crippen molar-refractivity contribution in [2.24, 2.45) is 5.92 Å². The van der Waals surface area contributed by atoms with Gasteiger partial charge in [0.05, 0.1) is 25.9 Å². The molecular formula is C20H33N3O4. The van der Waals surface area contributed by atoms with Gasteiger partial charge < -0.3 is 19.8 Å². The minimum atomic E-state index is -0.427. The second kappa shape index (κ2) is 9.90. The quantitative estimate of drug-likeness (QED) is 0.677. The van der Waals surface area contributed by atoms with E-state index in [0.717, 1.165) is 39.1 Å². The molecule has 1 fully saturated rings. The molecule has 152 valence electrons. The number of carbonyl (C=O) groups is 2. The van der Waals surface area contributed by atoms with Crippen LogP contribution in [0.2, 0.25) is 0 Å². The first kappa shape index (κ1) is 21.4. The van der Waals surface area contributed by atoms with Crippen LogP contribution >= 0.6 is 0 Å². The number of aryl methyl sites for hydroxylation is 1. The van der Waals surface area contributed by atoms with E-state index >= 15 is 0 Å². The van der Waals surface area contributed by atoms with Crippen LogP contribution in [-0.2, 0) is 9.47 Å². The maximum Gasteiger partial charge on any atom is 0.339 e. The van der Waals surface area contributed by atoms with Crippen molar-refractivity contribution in [1.82, 2.24) is 15.2 Å². The number of amides is 1. The zero-order chi connectivity index (χ0) is 20.0. The fourth-order valence-corrected chi connectivity index (χ4v) is 4.01. The summed E-state index contributed by atoms with van der Waals surface area (Å²) in [6.45, 7) is 11.8. The normalized spacial score (nSPS) is 16.4. The van der Waals surface area contributed by atoms with Gasteiger partial charge in [0.1, 0.15) is 5.69 Å². The molecule has 1 aromatic heterocycles. The molecule has 7 heteroatoms. The van der Waals surface area contributed by atoms with Gasteiger partial charge in [-0.1, -0.05) is 26.7 Å². The van der Waals surface area contributed by atoms with E-state index in [1.807, 2.05) is 0 Å². The molecule has 1 aromatic rings. The summed E-state index contributed by atoms with van der Waals surface area (Å²) in [6.07, 6.45) is 2.14. The predicted octanol–water partition coefficient (Wildman–Crippen LogP) is 2.28. The summed E-state index contributed by atoms with van der Waals surface area (Å²) < 4.78 is 10.3. The van der Waals surface area contributed by atoms with Crippen LogP contribution in [-0.4, -0.2) is 67.8 Å². The van der Waals surface area contributed by atoms with E-state index in [4.69, 9.17) is 9.47 Å². The molecule has 0 spiro atoms. The highest BCUT2D eigenvalue weighted by Crippen LogP contribution is 2.21. The van der Waals surface area contributed by atoms with Crippen molar-refractivity contribution in [2.45, 2.75) is 46.6 Å². The van der Waals surface area contributed by atoms with E-state index in [-0.39, 0.29) is 11.9 Å². The van der Waals surface area contributed by atoms with Gasteiger partial charge in [0, 0.05) is 31.4 Å². The average molecular weight is 380 g/mol. The van der Waals surface area contributed by atoms with Crippen LogP contribution in [0.5, 0.6) is 0 Å². The Labute approximate surface area is 161 Å². The van der Waals surface area contributed by atoms with Gasteiger partial charge >= 0.3 is 5.97 Å². The Balaban J connectivity index is 2.12. The molecule has 2 heterocycles. The number of ether oxygens (including phenoxy) is 2. The Morgan fingerprint density at radius 1 is 1.22 bits per heavy atom. The Bertz CT molecular complexity index is 646. The SMILES string of the molecule is CCC(CC)C(CNC(=O)c1[nH]c(C)c(C(=O)OC)c1C)N1CCOCC1. The lowest BCUT2D eigenvalue weighted by molar-refractivity contribution is 0.00190. The average Bonchev–Trinajstić information content (AvgIpc) is 2.99. The molecule has 0 saturated carbocycles. The van der Waals surface area contributed by atoms with Crippen molar-refractivity contribution in [3.8, 4) is 0 Å². The second-order valence-corrected chi connectivity index (χ2v) is 7.12. The Morgan fingerprint density at radius 2 is 1.85 bits per heavy atom. The molecule has 1 atom stereocenters. The van der Waals surface area contributed by atoms with Gasteiger partial charge in [0.15, 0.2) is 0 Å². The maximum absolute atomic E-state index is 12.8. The number of aromatic amines is 1. The Hall–Kier alpha value is -1.86. The van der Waals surface area contributed by atoms with Crippen molar-refractivity contribution in [3.63, 3.8) is 0 Å². The number of H-pyrrole nitrogens is 1. The van der Waals surface area contributed by atoms with Gasteiger partial charge in [-0.25, -0.2) is 4.79 Å². The highest BCUT2D eigenvalue weighted by atomic mass is 16.5. The van der Waals surface area contributed by atoms with Crippen LogP contribution in [0.15, 0.2) is 0 Å². The largest absolute Gasteiger partial charge is 0.465 e. The summed E-state index contributed by atoms with van der Waals surface area (Å²) >= 11 is 0. The van der Waals surface area contributed by atoms with Crippen LogP contribution in [0, 0.1) is 19.8 Å². The van der Waals surface area contributed by atoms with E-state index < -0.39 is 5.97 Å². The summed E-state index contributed by atoms with van der Waals surface area (Å²) in [6, 6.07) is 0.282. The number of hydrogen-bond donors (Lipinski definition) is 2. The van der Waals surface area contributed by atoms with Crippen LogP contribution in [0.3, 0.4) is 0 Å². The van der Waals surface area contributed by atoms with Crippen LogP contribution in [0.4, 0.5) is 0 Å². The molecule has 1 aliphatic heterocycles. The highest BCUT2D eigenvalue weighted by molar-refractivity contribution is 6.00. The number of hydrogen-bond acceptors (Lipinski definition) is 5. The second-order valence-electron chi connectivity index (χ2n) is 7.12. The number of methoxy groups -OCH3 is 1. The van der Waals surface area contributed by atoms with Crippen molar-refractivity contribution in [1.29, 1.82) is 0 Å². The molecular weight excluding hydrogens is 346 g/mol. The summed E-state index contributed by atoms with van der Waals surface area (Å²) in [5.41, 5.74) is 2.14. The summed E-state index contributed by atoms with van der Waals surface area (Å²) in [4.78, 5) is 30.2. The number of aromatic nitrogens is 1. The van der Waals surface area contributed by atoms with Crippen molar-refractivity contribution in [3.05, 3.63) is 22.5 Å². The first-order valence-corrected chi connectivity index (χ1v) is 9.81. The maximum atomic E-state index is 12.8. The standard InChI is InChI=1S/C20H33N3O4/c1-6-15(7-2)16(23-8-10-27-11-9-23)12-21-19(24)18-13(3)17(14(4)22-18)20(25)26-5/h15-16,22H,6-12H2,1-5H3,(H,21,24). The Kier molecular flexibility index (Phi) is 7.86. The predicted molar refractivity (Wildman–Crippen MR) is 104 cm³/mol. The summed E-state index contributed by atoms with van der Waals surface area (Å²) in [7, 11) is 1.34. The van der Waals surface area contributed by atoms with E-state index in [1.54, 1.807) is 13.8 Å². The minimum Gasteiger partial charge on any atom is -0.465 e. The monoisotopic (exact) mass is 379 g/mol. The van der Waals surface area contributed by atoms with E-state index in [9.17, 15) is 9.59 Å². The zero-order valence-electron chi connectivity index (χ0n) is 17.2. The highest BCUT2D eigenvalue weighted by Gasteiger charge is 2.28. The number of morpholine rings is 1. The molecule has 0 aliphatic carbocycles. The van der Waals surface area contributed by atoms with Gasteiger partial charge in [-0.05, 0) is 25.3 Å². The third-order valence-electron chi connectivity index (χ3n) is 5.63. The number of rotatable bonds is 8. The third kappa shape index (κ3) is 4.90. The van der Waals surface area contributed by atoms with Crippen LogP contribution in [0.25, 0.3) is 0 Å². The van der Waals surface area contributed by atoms with E-state index in [0.29, 0.717) is 35.0 Å². The van der Waals surface area contributed by atoms with E-state index in [1.165, 1.54) is 7.11 Å². The van der Waals surface area contributed by atoms with Crippen molar-refractivity contribution in [2.75, 3.05) is 40.0 Å². The summed E-state index contributed by atoms with van der Waals surface area (Å²) in [5.74, 6) is -0.0982. The lowest BCUT2D eigenvalue weighted by Crippen LogP contribution is -2.52. The molecule has 2 N–H and O–H groups in total. The minimum absolute atomic E-state index is 0.185. The number of nitrogens with one attached hydrogen (secondary N) is 2. The van der Waals surface area contributed by atoms with Crippen molar-refractivity contribution >= 4 is 11.9 Å². The topological polar surface area (TPSA) is 83.7 Å². The lowest BCUT2D eigenvalue weighted by Gasteiger charge is -2.38.